The maximum Gasteiger partial charge on any atom is 0.276 e. The van der Waals surface area contributed by atoms with Gasteiger partial charge in [-0.15, -0.1) is 0 Å². The van der Waals surface area contributed by atoms with Gasteiger partial charge in [0.15, 0.2) is 0 Å². The normalized spacial score (nSPS) is 19.4. The van der Waals surface area contributed by atoms with E-state index in [1.54, 1.807) is 37.4 Å². The van der Waals surface area contributed by atoms with E-state index in [9.17, 15) is 9.59 Å². The number of rotatable bonds is 2. The Bertz CT molecular complexity index is 1160. The van der Waals surface area contributed by atoms with Gasteiger partial charge in [-0.3, -0.25) is 14.5 Å². The molecule has 5 rings (SSSR count). The molecule has 3 aromatic carbocycles. The summed E-state index contributed by atoms with van der Waals surface area (Å²) in [4.78, 5) is 28.5. The molecule has 1 atom stereocenters. The number of benzene rings is 3. The fraction of sp³-hybridized carbons (Fsp3) is 0.0909. The van der Waals surface area contributed by atoms with Crippen molar-refractivity contribution in [2.45, 2.75) is 5.66 Å². The van der Waals surface area contributed by atoms with Gasteiger partial charge in [0, 0.05) is 27.1 Å². The topological polar surface area (TPSA) is 70.7 Å². The highest BCUT2D eigenvalue weighted by Gasteiger charge is 2.57. The number of amides is 2. The lowest BCUT2D eigenvalue weighted by molar-refractivity contribution is -0.119. The quantitative estimate of drug-likeness (QED) is 0.610. The second-order valence-electron chi connectivity index (χ2n) is 6.86. The van der Waals surface area contributed by atoms with Crippen LogP contribution in [0.15, 0.2) is 71.2 Å². The Labute approximate surface area is 175 Å². The van der Waals surface area contributed by atoms with Crippen LogP contribution in [0.2, 0.25) is 0 Å². The summed E-state index contributed by atoms with van der Waals surface area (Å²) in [7, 11) is 1.58. The van der Waals surface area contributed by atoms with Crippen LogP contribution in [0.25, 0.3) is 0 Å². The van der Waals surface area contributed by atoms with Crippen molar-refractivity contribution in [1.29, 1.82) is 0 Å². The zero-order valence-electron chi connectivity index (χ0n) is 15.4. The molecule has 29 heavy (non-hydrogen) atoms. The fourth-order valence-corrected chi connectivity index (χ4v) is 4.31. The summed E-state index contributed by atoms with van der Waals surface area (Å²) >= 11 is 3.49. The predicted octanol–water partition coefficient (Wildman–Crippen LogP) is 4.34. The molecule has 6 nitrogen and oxygen atoms in total. The number of fused-ring (bicyclic) bond motifs is 3. The first-order valence-corrected chi connectivity index (χ1v) is 9.81. The fourth-order valence-electron chi connectivity index (χ4n) is 3.95. The van der Waals surface area contributed by atoms with Crippen LogP contribution in [-0.2, 0) is 10.5 Å². The van der Waals surface area contributed by atoms with Crippen molar-refractivity contribution in [1.82, 2.24) is 0 Å². The first-order chi connectivity index (χ1) is 14.0. The van der Waals surface area contributed by atoms with E-state index >= 15 is 0 Å². The molecule has 2 aliphatic heterocycles. The third kappa shape index (κ3) is 2.47. The molecule has 2 aliphatic rings. The highest BCUT2D eigenvalue weighted by atomic mass is 79.9. The third-order valence-electron chi connectivity index (χ3n) is 5.29. The molecule has 0 fully saturated rings. The van der Waals surface area contributed by atoms with E-state index in [2.05, 4.69) is 26.6 Å². The second-order valence-corrected chi connectivity index (χ2v) is 7.78. The highest BCUT2D eigenvalue weighted by molar-refractivity contribution is 9.10. The summed E-state index contributed by atoms with van der Waals surface area (Å²) in [6.45, 7) is 0. The summed E-state index contributed by atoms with van der Waals surface area (Å²) in [5.74, 6) is 0.0939. The van der Waals surface area contributed by atoms with Crippen LogP contribution in [0.4, 0.5) is 17.1 Å². The van der Waals surface area contributed by atoms with Crippen LogP contribution < -0.4 is 20.3 Å². The number of carbonyl (C=O) groups excluding carboxylic acids is 2. The molecule has 0 unspecified atom stereocenters. The largest absolute Gasteiger partial charge is 0.497 e. The Balaban J connectivity index is 1.79. The lowest BCUT2D eigenvalue weighted by Gasteiger charge is -2.44. The molecule has 3 aromatic rings. The molecule has 0 radical (unpaired) electrons. The number of nitrogens with one attached hydrogen (secondary N) is 2. The van der Waals surface area contributed by atoms with Crippen LogP contribution in [-0.4, -0.2) is 18.9 Å². The molecular formula is C22H16BrN3O3. The van der Waals surface area contributed by atoms with Gasteiger partial charge in [0.2, 0.25) is 5.66 Å². The molecule has 2 N–H and O–H groups in total. The molecule has 0 saturated heterocycles. The summed E-state index contributed by atoms with van der Waals surface area (Å²) < 4.78 is 6.06. The predicted molar refractivity (Wildman–Crippen MR) is 114 cm³/mol. The molecule has 0 aliphatic carbocycles. The minimum atomic E-state index is -1.40. The van der Waals surface area contributed by atoms with Crippen molar-refractivity contribution >= 4 is 44.8 Å². The van der Waals surface area contributed by atoms with E-state index in [-0.39, 0.29) is 11.8 Å². The number of hydrogen-bond acceptors (Lipinski definition) is 4. The highest BCUT2D eigenvalue weighted by Crippen LogP contribution is 2.48. The zero-order valence-corrected chi connectivity index (χ0v) is 17.0. The molecule has 0 saturated carbocycles. The summed E-state index contributed by atoms with van der Waals surface area (Å²) in [5, 5.41) is 6.27. The number of carbonyl (C=O) groups is 2. The van der Waals surface area contributed by atoms with Gasteiger partial charge in [-0.2, -0.15) is 0 Å². The van der Waals surface area contributed by atoms with Crippen molar-refractivity contribution in [2.75, 3.05) is 22.6 Å². The van der Waals surface area contributed by atoms with Crippen LogP contribution in [0.1, 0.15) is 15.9 Å². The maximum absolute atomic E-state index is 13.6. The van der Waals surface area contributed by atoms with Crippen LogP contribution in [0.5, 0.6) is 5.75 Å². The molecular weight excluding hydrogens is 434 g/mol. The van der Waals surface area contributed by atoms with Crippen molar-refractivity contribution in [2.24, 2.45) is 0 Å². The number of methoxy groups -OCH3 is 1. The Morgan fingerprint density at radius 3 is 2.48 bits per heavy atom. The van der Waals surface area contributed by atoms with Gasteiger partial charge in [-0.1, -0.05) is 28.1 Å². The molecule has 0 aromatic heterocycles. The Kier molecular flexibility index (Phi) is 3.89. The summed E-state index contributed by atoms with van der Waals surface area (Å²) in [6.07, 6.45) is 0. The SMILES string of the molecule is COc1ccc(N2C(=O)c3ccccc3N[C@@]23C(=O)Nc2ccc(Br)cc23)cc1. The first kappa shape index (κ1) is 17.8. The van der Waals surface area contributed by atoms with E-state index < -0.39 is 5.66 Å². The molecule has 7 heteroatoms. The number of halogens is 1. The van der Waals surface area contributed by atoms with E-state index in [0.29, 0.717) is 33.9 Å². The second kappa shape index (κ2) is 6.35. The Morgan fingerprint density at radius 2 is 1.72 bits per heavy atom. The minimum Gasteiger partial charge on any atom is -0.497 e. The van der Waals surface area contributed by atoms with Gasteiger partial charge in [-0.05, 0) is 54.6 Å². The Morgan fingerprint density at radius 1 is 0.966 bits per heavy atom. The van der Waals surface area contributed by atoms with Crippen LogP contribution in [0.3, 0.4) is 0 Å². The van der Waals surface area contributed by atoms with Gasteiger partial charge in [0.1, 0.15) is 5.75 Å². The van der Waals surface area contributed by atoms with Gasteiger partial charge in [0.25, 0.3) is 11.8 Å². The van der Waals surface area contributed by atoms with Gasteiger partial charge in [0.05, 0.1) is 12.7 Å². The van der Waals surface area contributed by atoms with Gasteiger partial charge < -0.3 is 15.4 Å². The molecule has 1 spiro atoms. The van der Waals surface area contributed by atoms with E-state index in [1.165, 1.54) is 4.90 Å². The van der Waals surface area contributed by atoms with Gasteiger partial charge in [-0.25, -0.2) is 0 Å². The monoisotopic (exact) mass is 449 g/mol. The van der Waals surface area contributed by atoms with Crippen LogP contribution >= 0.6 is 15.9 Å². The number of anilines is 3. The molecule has 144 valence electrons. The van der Waals surface area contributed by atoms with Crippen LogP contribution in [0, 0.1) is 0 Å². The van der Waals surface area contributed by atoms with E-state index in [1.807, 2.05) is 36.4 Å². The lowest BCUT2D eigenvalue weighted by Crippen LogP contribution is -2.61. The maximum atomic E-state index is 13.6. The van der Waals surface area contributed by atoms with Crippen molar-refractivity contribution < 1.29 is 14.3 Å². The van der Waals surface area contributed by atoms with Crippen molar-refractivity contribution in [3.63, 3.8) is 0 Å². The number of nitrogens with zero attached hydrogens (tertiary/aromatic N) is 1. The van der Waals surface area contributed by atoms with Gasteiger partial charge >= 0.3 is 0 Å². The molecule has 0 bridgehead atoms. The zero-order chi connectivity index (χ0) is 20.2. The number of hydrogen-bond donors (Lipinski definition) is 2. The summed E-state index contributed by atoms with van der Waals surface area (Å²) in [6, 6.07) is 19.8. The lowest BCUT2D eigenvalue weighted by atomic mass is 9.92. The number of para-hydroxylation sites is 1. The smallest absolute Gasteiger partial charge is 0.276 e. The molecule has 2 amide bonds. The average Bonchev–Trinajstić information content (AvgIpc) is 3.00. The van der Waals surface area contributed by atoms with E-state index in [4.69, 9.17) is 4.74 Å². The Hall–Kier alpha value is -3.32. The van der Waals surface area contributed by atoms with E-state index in [0.717, 1.165) is 4.47 Å². The molecule has 2 heterocycles. The average molecular weight is 450 g/mol. The van der Waals surface area contributed by atoms with Crippen molar-refractivity contribution in [3.8, 4) is 5.75 Å². The minimum absolute atomic E-state index is 0.257. The first-order valence-electron chi connectivity index (χ1n) is 9.02. The third-order valence-corrected chi connectivity index (χ3v) is 5.78. The summed E-state index contributed by atoms with van der Waals surface area (Å²) in [5.41, 5.74) is 1.64. The standard InChI is InChI=1S/C22H16BrN3O3/c1-29-15-9-7-14(8-10-15)26-20(27)16-4-2-3-5-18(16)25-22(26)17-12-13(23)6-11-19(17)24-21(22)28/h2-12,25H,1H3,(H,24,28)/t22-/m1/s1. The number of ether oxygens (including phenoxy) is 1. The van der Waals surface area contributed by atoms with Crippen molar-refractivity contribution in [3.05, 3.63) is 82.3 Å².